The van der Waals surface area contributed by atoms with Crippen LogP contribution in [0.4, 0.5) is 5.95 Å². The van der Waals surface area contributed by atoms with Crippen LogP contribution in [-0.2, 0) is 0 Å². The van der Waals surface area contributed by atoms with Crippen LogP contribution >= 0.6 is 11.3 Å². The molecule has 3 aromatic rings. The smallest absolute Gasteiger partial charge is 0.261 e. The third kappa shape index (κ3) is 2.74. The molecule has 0 saturated heterocycles. The number of anilines is 1. The first-order valence-electron chi connectivity index (χ1n) is 7.74. The van der Waals surface area contributed by atoms with Crippen LogP contribution in [0, 0.1) is 6.92 Å². The van der Waals surface area contributed by atoms with E-state index in [9.17, 15) is 4.79 Å². The molecule has 3 aromatic heterocycles. The van der Waals surface area contributed by atoms with Crippen molar-refractivity contribution in [3.8, 4) is 10.4 Å². The molecular formula is C17H20N4OS. The number of hydrogen-bond acceptors (Lipinski definition) is 5. The molecular weight excluding hydrogens is 308 g/mol. The van der Waals surface area contributed by atoms with Crippen molar-refractivity contribution >= 4 is 28.3 Å². The van der Waals surface area contributed by atoms with Crippen LogP contribution in [0.15, 0.2) is 28.4 Å². The Morgan fingerprint density at radius 2 is 2.13 bits per heavy atom. The third-order valence-electron chi connectivity index (χ3n) is 3.72. The molecule has 0 unspecified atom stereocenters. The highest BCUT2D eigenvalue weighted by atomic mass is 32.1. The number of pyridine rings is 1. The molecule has 120 valence electrons. The maximum Gasteiger partial charge on any atom is 0.261 e. The lowest BCUT2D eigenvalue weighted by molar-refractivity contribution is 0.596. The number of nitrogens with one attached hydrogen (secondary N) is 1. The van der Waals surface area contributed by atoms with E-state index < -0.39 is 0 Å². The molecule has 0 saturated carbocycles. The minimum Gasteiger partial charge on any atom is -0.354 e. The van der Waals surface area contributed by atoms with Crippen LogP contribution in [0.3, 0.4) is 0 Å². The zero-order chi connectivity index (χ0) is 16.6. The number of nitrogens with zero attached hydrogens (tertiary/aromatic N) is 3. The topological polar surface area (TPSA) is 59.8 Å². The molecule has 0 aromatic carbocycles. The minimum atomic E-state index is -0.00417. The fourth-order valence-electron chi connectivity index (χ4n) is 2.68. The lowest BCUT2D eigenvalue weighted by Crippen LogP contribution is -2.25. The Bertz CT molecular complexity index is 897. The maximum atomic E-state index is 13.0. The van der Waals surface area contributed by atoms with Crippen molar-refractivity contribution < 1.29 is 0 Å². The van der Waals surface area contributed by atoms with Gasteiger partial charge in [0.1, 0.15) is 5.65 Å². The minimum absolute atomic E-state index is 0.00417. The first-order valence-corrected chi connectivity index (χ1v) is 8.62. The van der Waals surface area contributed by atoms with Crippen LogP contribution in [-0.4, -0.2) is 21.1 Å². The number of fused-ring (bicyclic) bond motifs is 1. The molecule has 0 amide bonds. The van der Waals surface area contributed by atoms with Crippen LogP contribution in [0.25, 0.3) is 21.5 Å². The van der Waals surface area contributed by atoms with E-state index in [0.29, 0.717) is 17.2 Å². The monoisotopic (exact) mass is 328 g/mol. The van der Waals surface area contributed by atoms with E-state index in [1.54, 1.807) is 15.9 Å². The Hall–Kier alpha value is -2.21. The second kappa shape index (κ2) is 6.12. The summed E-state index contributed by atoms with van der Waals surface area (Å²) in [6.07, 6.45) is 0. The van der Waals surface area contributed by atoms with Crippen LogP contribution in [0.5, 0.6) is 0 Å². The van der Waals surface area contributed by atoms with Gasteiger partial charge in [-0.05, 0) is 45.2 Å². The van der Waals surface area contributed by atoms with E-state index in [2.05, 4.69) is 15.3 Å². The van der Waals surface area contributed by atoms with Gasteiger partial charge in [0.25, 0.3) is 5.56 Å². The van der Waals surface area contributed by atoms with Gasteiger partial charge in [-0.1, -0.05) is 6.07 Å². The van der Waals surface area contributed by atoms with E-state index in [1.165, 1.54) is 0 Å². The molecule has 0 bridgehead atoms. The number of aryl methyl sites for hydroxylation is 1. The van der Waals surface area contributed by atoms with Crippen molar-refractivity contribution in [2.75, 3.05) is 11.9 Å². The number of hydrogen-bond donors (Lipinski definition) is 1. The number of thiophene rings is 1. The summed E-state index contributed by atoms with van der Waals surface area (Å²) < 4.78 is 1.76. The third-order valence-corrected chi connectivity index (χ3v) is 4.62. The first kappa shape index (κ1) is 15.7. The highest BCUT2D eigenvalue weighted by molar-refractivity contribution is 7.13. The zero-order valence-corrected chi connectivity index (χ0v) is 14.6. The van der Waals surface area contributed by atoms with E-state index in [0.717, 1.165) is 22.5 Å². The maximum absolute atomic E-state index is 13.0. The zero-order valence-electron chi connectivity index (χ0n) is 13.8. The summed E-state index contributed by atoms with van der Waals surface area (Å²) in [5, 5.41) is 6.03. The van der Waals surface area contributed by atoms with Crippen molar-refractivity contribution in [1.82, 2.24) is 14.5 Å². The molecule has 0 aliphatic heterocycles. The molecule has 0 aliphatic rings. The predicted octanol–water partition coefficient (Wildman–Crippen LogP) is 3.84. The van der Waals surface area contributed by atoms with E-state index in [-0.39, 0.29) is 11.6 Å². The van der Waals surface area contributed by atoms with Gasteiger partial charge in [-0.2, -0.15) is 4.98 Å². The average molecular weight is 328 g/mol. The molecule has 23 heavy (non-hydrogen) atoms. The highest BCUT2D eigenvalue weighted by Crippen LogP contribution is 2.27. The summed E-state index contributed by atoms with van der Waals surface area (Å²) in [7, 11) is 0. The summed E-state index contributed by atoms with van der Waals surface area (Å²) in [6.45, 7) is 8.70. The van der Waals surface area contributed by atoms with Crippen LogP contribution in [0.2, 0.25) is 0 Å². The fraction of sp³-hybridized carbons (Fsp3) is 0.353. The first-order chi connectivity index (χ1) is 11.0. The molecule has 0 radical (unpaired) electrons. The molecule has 0 fully saturated rings. The standard InChI is InChI=1S/C17H20N4OS/c1-5-18-17-19-11(4)12-9-13(14-7-6-8-23-14)16(22)21(10(2)3)15(12)20-17/h6-10H,5H2,1-4H3,(H,18,19,20). The normalized spacial score (nSPS) is 11.3. The Balaban J connectivity index is 2.39. The molecule has 1 N–H and O–H groups in total. The van der Waals surface area contributed by atoms with Crippen molar-refractivity contribution in [3.63, 3.8) is 0 Å². The van der Waals surface area contributed by atoms with Gasteiger partial charge in [0, 0.05) is 22.8 Å². The molecule has 3 heterocycles. The van der Waals surface area contributed by atoms with Gasteiger partial charge in [0.05, 0.1) is 11.3 Å². The molecule has 5 nitrogen and oxygen atoms in total. The van der Waals surface area contributed by atoms with Gasteiger partial charge < -0.3 is 5.32 Å². The van der Waals surface area contributed by atoms with Crippen molar-refractivity contribution in [2.45, 2.75) is 33.7 Å². The van der Waals surface area contributed by atoms with E-state index >= 15 is 0 Å². The SMILES string of the molecule is CCNc1nc(C)c2cc(-c3cccs3)c(=O)n(C(C)C)c2n1. The average Bonchev–Trinajstić information content (AvgIpc) is 3.00. The van der Waals surface area contributed by atoms with Gasteiger partial charge in [0.15, 0.2) is 0 Å². The summed E-state index contributed by atoms with van der Waals surface area (Å²) in [4.78, 5) is 23.0. The van der Waals surface area contributed by atoms with Gasteiger partial charge in [-0.25, -0.2) is 4.98 Å². The summed E-state index contributed by atoms with van der Waals surface area (Å²) in [5.74, 6) is 0.565. The van der Waals surface area contributed by atoms with Gasteiger partial charge in [-0.15, -0.1) is 11.3 Å². The van der Waals surface area contributed by atoms with Gasteiger partial charge >= 0.3 is 0 Å². The number of aromatic nitrogens is 3. The van der Waals surface area contributed by atoms with E-state index in [1.807, 2.05) is 51.3 Å². The van der Waals surface area contributed by atoms with Gasteiger partial charge in [0.2, 0.25) is 5.95 Å². The fourth-order valence-corrected chi connectivity index (χ4v) is 3.41. The molecule has 3 rings (SSSR count). The lowest BCUT2D eigenvalue weighted by Gasteiger charge is -2.16. The quantitative estimate of drug-likeness (QED) is 0.790. The second-order valence-corrected chi connectivity index (χ2v) is 6.65. The second-order valence-electron chi connectivity index (χ2n) is 5.70. The summed E-state index contributed by atoms with van der Waals surface area (Å²) >= 11 is 1.57. The van der Waals surface area contributed by atoms with Gasteiger partial charge in [-0.3, -0.25) is 9.36 Å². The largest absolute Gasteiger partial charge is 0.354 e. The highest BCUT2D eigenvalue weighted by Gasteiger charge is 2.17. The predicted molar refractivity (Wildman–Crippen MR) is 96.4 cm³/mol. The molecule has 0 aliphatic carbocycles. The van der Waals surface area contributed by atoms with Crippen molar-refractivity contribution in [1.29, 1.82) is 0 Å². The molecule has 0 spiro atoms. The van der Waals surface area contributed by atoms with E-state index in [4.69, 9.17) is 0 Å². The Labute approximate surface area is 139 Å². The Morgan fingerprint density at radius 3 is 2.74 bits per heavy atom. The van der Waals surface area contributed by atoms with Crippen molar-refractivity contribution in [3.05, 3.63) is 39.6 Å². The summed E-state index contributed by atoms with van der Waals surface area (Å²) in [6, 6.07) is 5.88. The van der Waals surface area contributed by atoms with Crippen molar-refractivity contribution in [2.24, 2.45) is 0 Å². The molecule has 6 heteroatoms. The Kier molecular flexibility index (Phi) is 4.17. The summed E-state index contributed by atoms with van der Waals surface area (Å²) in [5.41, 5.74) is 2.27. The number of rotatable bonds is 4. The Morgan fingerprint density at radius 1 is 1.35 bits per heavy atom. The van der Waals surface area contributed by atoms with Crippen LogP contribution in [0.1, 0.15) is 32.5 Å². The lowest BCUT2D eigenvalue weighted by atomic mass is 10.1. The molecule has 0 atom stereocenters. The van der Waals surface area contributed by atoms with Crippen LogP contribution < -0.4 is 10.9 Å².